The summed E-state index contributed by atoms with van der Waals surface area (Å²) in [5.74, 6) is 2.28. The summed E-state index contributed by atoms with van der Waals surface area (Å²) in [4.78, 5) is 2.49. The Morgan fingerprint density at radius 2 is 1.84 bits per heavy atom. The molecule has 1 atom stereocenters. The van der Waals surface area contributed by atoms with Gasteiger partial charge in [0.2, 0.25) is 0 Å². The molecule has 3 aromatic carbocycles. The van der Waals surface area contributed by atoms with E-state index in [-0.39, 0.29) is 6.04 Å². The Morgan fingerprint density at radius 3 is 2.59 bits per heavy atom. The van der Waals surface area contributed by atoms with E-state index < -0.39 is 0 Å². The van der Waals surface area contributed by atoms with E-state index in [0.29, 0.717) is 12.2 Å². The van der Waals surface area contributed by atoms with Crippen molar-refractivity contribution >= 4 is 0 Å². The number of nitrogens with zero attached hydrogens (tertiary/aromatic N) is 2. The third-order valence-corrected chi connectivity index (χ3v) is 6.59. The van der Waals surface area contributed by atoms with Gasteiger partial charge >= 0.3 is 0 Å². The maximum absolute atomic E-state index is 9.46. The van der Waals surface area contributed by atoms with Gasteiger partial charge in [0.15, 0.2) is 11.5 Å². The normalized spacial score (nSPS) is 16.8. The standard InChI is InChI=1S/C27H26N2O3/c1-30-25-13-20-10-11-29-16-23-19(8-9-21(15-28)27(23)31-2)12-24(29)22(20)14-26(25)32-17-18-6-4-3-5-7-18/h3-9,13-14,24H,10-12,16-17H2,1-2H3/t24-/m0/s1. The summed E-state index contributed by atoms with van der Waals surface area (Å²) in [7, 11) is 3.35. The van der Waals surface area contributed by atoms with Crippen molar-refractivity contribution in [3.05, 3.63) is 88.0 Å². The molecule has 0 spiro atoms. The second kappa shape index (κ2) is 8.57. The first-order chi connectivity index (χ1) is 15.7. The third kappa shape index (κ3) is 3.57. The number of benzene rings is 3. The fraction of sp³-hybridized carbons (Fsp3) is 0.296. The lowest BCUT2D eigenvalue weighted by Crippen LogP contribution is -2.39. The minimum absolute atomic E-state index is 0.272. The van der Waals surface area contributed by atoms with E-state index in [1.807, 2.05) is 24.3 Å². The molecule has 0 amide bonds. The first-order valence-electron chi connectivity index (χ1n) is 10.9. The Bertz CT molecular complexity index is 1180. The zero-order valence-corrected chi connectivity index (χ0v) is 18.4. The van der Waals surface area contributed by atoms with Crippen LogP contribution in [0, 0.1) is 11.3 Å². The molecule has 2 aliphatic heterocycles. The van der Waals surface area contributed by atoms with Crippen LogP contribution in [0.3, 0.4) is 0 Å². The molecule has 3 aromatic rings. The van der Waals surface area contributed by atoms with Gasteiger partial charge in [0.25, 0.3) is 0 Å². The van der Waals surface area contributed by atoms with Crippen LogP contribution in [-0.2, 0) is 26.0 Å². The van der Waals surface area contributed by atoms with Gasteiger partial charge in [0.1, 0.15) is 18.4 Å². The van der Waals surface area contributed by atoms with Crippen LogP contribution in [-0.4, -0.2) is 25.7 Å². The third-order valence-electron chi connectivity index (χ3n) is 6.59. The number of nitriles is 1. The maximum atomic E-state index is 9.46. The van der Waals surface area contributed by atoms with Crippen molar-refractivity contribution in [2.75, 3.05) is 20.8 Å². The average molecular weight is 427 g/mol. The quantitative estimate of drug-likeness (QED) is 0.586. The number of methoxy groups -OCH3 is 2. The highest BCUT2D eigenvalue weighted by atomic mass is 16.5. The first-order valence-corrected chi connectivity index (χ1v) is 10.9. The van der Waals surface area contributed by atoms with Gasteiger partial charge in [0.05, 0.1) is 19.8 Å². The van der Waals surface area contributed by atoms with E-state index in [4.69, 9.17) is 14.2 Å². The zero-order valence-electron chi connectivity index (χ0n) is 18.4. The number of rotatable bonds is 5. The monoisotopic (exact) mass is 426 g/mol. The van der Waals surface area contributed by atoms with Gasteiger partial charge < -0.3 is 14.2 Å². The minimum Gasteiger partial charge on any atom is -0.495 e. The summed E-state index contributed by atoms with van der Waals surface area (Å²) < 4.78 is 17.5. The summed E-state index contributed by atoms with van der Waals surface area (Å²) in [6.07, 6.45) is 1.84. The topological polar surface area (TPSA) is 54.7 Å². The van der Waals surface area contributed by atoms with E-state index in [1.54, 1.807) is 14.2 Å². The van der Waals surface area contributed by atoms with Gasteiger partial charge in [-0.25, -0.2) is 0 Å². The summed E-state index contributed by atoms with van der Waals surface area (Å²) >= 11 is 0. The second-order valence-corrected chi connectivity index (χ2v) is 8.31. The fourth-order valence-corrected chi connectivity index (χ4v) is 4.96. The number of ether oxygens (including phenoxy) is 3. The first kappa shape index (κ1) is 20.4. The Balaban J connectivity index is 1.48. The maximum Gasteiger partial charge on any atom is 0.162 e. The SMILES string of the molecule is COc1cc2c(cc1OCc1ccccc1)[C@@H]1Cc3ccc(C#N)c(OC)c3CN1CC2. The molecule has 0 unspecified atom stereocenters. The van der Waals surface area contributed by atoms with Gasteiger partial charge in [-0.15, -0.1) is 0 Å². The summed E-state index contributed by atoms with van der Waals surface area (Å²) in [5.41, 5.74) is 6.73. The Hall–Kier alpha value is -3.49. The van der Waals surface area contributed by atoms with Crippen molar-refractivity contribution in [2.45, 2.75) is 32.0 Å². The molecule has 0 saturated heterocycles. The van der Waals surface area contributed by atoms with Crippen LogP contribution in [0.2, 0.25) is 0 Å². The zero-order chi connectivity index (χ0) is 22.1. The molecule has 2 heterocycles. The largest absolute Gasteiger partial charge is 0.495 e. The molecule has 2 aliphatic rings. The fourth-order valence-electron chi connectivity index (χ4n) is 4.96. The Labute approximate surface area is 188 Å². The van der Waals surface area contributed by atoms with Crippen molar-refractivity contribution < 1.29 is 14.2 Å². The lowest BCUT2D eigenvalue weighted by atomic mass is 9.83. The van der Waals surface area contributed by atoms with E-state index in [2.05, 4.69) is 41.3 Å². The van der Waals surface area contributed by atoms with Crippen molar-refractivity contribution in [3.63, 3.8) is 0 Å². The van der Waals surface area contributed by atoms with E-state index in [0.717, 1.165) is 54.3 Å². The molecule has 0 saturated carbocycles. The van der Waals surface area contributed by atoms with Crippen molar-refractivity contribution in [2.24, 2.45) is 0 Å². The van der Waals surface area contributed by atoms with Crippen LogP contribution in [0.25, 0.3) is 0 Å². The van der Waals surface area contributed by atoms with Crippen LogP contribution in [0.5, 0.6) is 17.2 Å². The molecule has 5 nitrogen and oxygen atoms in total. The van der Waals surface area contributed by atoms with E-state index >= 15 is 0 Å². The van der Waals surface area contributed by atoms with E-state index in [9.17, 15) is 5.26 Å². The van der Waals surface area contributed by atoms with Crippen LogP contribution >= 0.6 is 0 Å². The predicted molar refractivity (Wildman–Crippen MR) is 122 cm³/mol. The molecular formula is C27H26N2O3. The number of hydrogen-bond acceptors (Lipinski definition) is 5. The molecule has 162 valence electrons. The Kier molecular flexibility index (Phi) is 5.46. The summed E-state index contributed by atoms with van der Waals surface area (Å²) in [5, 5.41) is 9.46. The molecule has 5 heteroatoms. The van der Waals surface area contributed by atoms with Crippen LogP contribution in [0.15, 0.2) is 54.6 Å². The highest BCUT2D eigenvalue weighted by Crippen LogP contribution is 2.44. The molecule has 0 N–H and O–H groups in total. The lowest BCUT2D eigenvalue weighted by Gasteiger charge is -2.42. The van der Waals surface area contributed by atoms with Gasteiger partial charge in [-0.3, -0.25) is 4.90 Å². The highest BCUT2D eigenvalue weighted by Gasteiger charge is 2.34. The second-order valence-electron chi connectivity index (χ2n) is 8.31. The Morgan fingerprint density at radius 1 is 1.00 bits per heavy atom. The van der Waals surface area contributed by atoms with Crippen molar-refractivity contribution in [1.82, 2.24) is 4.90 Å². The van der Waals surface area contributed by atoms with Gasteiger partial charge in [-0.05, 0) is 53.3 Å². The molecule has 0 fully saturated rings. The van der Waals surface area contributed by atoms with Gasteiger partial charge in [0, 0.05) is 24.7 Å². The molecule has 0 radical (unpaired) electrons. The number of fused-ring (bicyclic) bond motifs is 4. The minimum atomic E-state index is 0.272. The summed E-state index contributed by atoms with van der Waals surface area (Å²) in [6, 6.07) is 21.0. The predicted octanol–water partition coefficient (Wildman–Crippen LogP) is 4.81. The molecular weight excluding hydrogens is 400 g/mol. The molecule has 0 bridgehead atoms. The number of hydrogen-bond donors (Lipinski definition) is 0. The molecule has 32 heavy (non-hydrogen) atoms. The van der Waals surface area contributed by atoms with Crippen LogP contribution in [0.1, 0.15) is 39.4 Å². The van der Waals surface area contributed by atoms with Crippen LogP contribution < -0.4 is 14.2 Å². The molecule has 5 rings (SSSR count). The van der Waals surface area contributed by atoms with Crippen molar-refractivity contribution in [3.8, 4) is 23.3 Å². The smallest absolute Gasteiger partial charge is 0.162 e. The lowest BCUT2D eigenvalue weighted by molar-refractivity contribution is 0.157. The summed E-state index contributed by atoms with van der Waals surface area (Å²) in [6.45, 7) is 2.25. The average Bonchev–Trinajstić information content (AvgIpc) is 2.85. The highest BCUT2D eigenvalue weighted by molar-refractivity contribution is 5.55. The van der Waals surface area contributed by atoms with Crippen LogP contribution in [0.4, 0.5) is 0 Å². The molecule has 0 aromatic heterocycles. The van der Waals surface area contributed by atoms with E-state index in [1.165, 1.54) is 16.7 Å². The van der Waals surface area contributed by atoms with Crippen molar-refractivity contribution in [1.29, 1.82) is 5.26 Å². The van der Waals surface area contributed by atoms with Gasteiger partial charge in [-0.2, -0.15) is 5.26 Å². The molecule has 0 aliphatic carbocycles. The van der Waals surface area contributed by atoms with Gasteiger partial charge in [-0.1, -0.05) is 36.4 Å².